The molecule has 0 aromatic heterocycles. The summed E-state index contributed by atoms with van der Waals surface area (Å²) in [5.41, 5.74) is 3.85. The van der Waals surface area contributed by atoms with E-state index < -0.39 is 0 Å². The molecule has 2 amide bonds. The summed E-state index contributed by atoms with van der Waals surface area (Å²) < 4.78 is 0. The Morgan fingerprint density at radius 1 is 0.656 bits per heavy atom. The molecule has 32 heavy (non-hydrogen) atoms. The van der Waals surface area contributed by atoms with Gasteiger partial charge in [0.1, 0.15) is 11.1 Å². The minimum absolute atomic E-state index is 0.124. The van der Waals surface area contributed by atoms with E-state index in [9.17, 15) is 9.59 Å². The van der Waals surface area contributed by atoms with Crippen LogP contribution < -0.4 is 10.6 Å². The van der Waals surface area contributed by atoms with Gasteiger partial charge in [-0.15, -0.1) is 0 Å². The van der Waals surface area contributed by atoms with E-state index >= 15 is 0 Å². The number of rotatable bonds is 0. The number of nitrogens with one attached hydrogen (secondary N) is 2. The molecule has 160 valence electrons. The van der Waals surface area contributed by atoms with Crippen LogP contribution >= 0.6 is 0 Å². The Hall–Kier alpha value is -3.68. The van der Waals surface area contributed by atoms with Crippen LogP contribution in [0.2, 0.25) is 0 Å². The van der Waals surface area contributed by atoms with Crippen molar-refractivity contribution in [3.8, 4) is 0 Å². The molecule has 0 atom stereocenters. The van der Waals surface area contributed by atoms with Crippen molar-refractivity contribution in [2.75, 3.05) is 0 Å². The smallest absolute Gasteiger partial charge is 0.252 e. The maximum atomic E-state index is 11.8. The van der Waals surface area contributed by atoms with Crippen molar-refractivity contribution in [1.82, 2.24) is 20.4 Å². The number of carbonyl (C=O) groups excluding carboxylic acids is 2. The molecule has 8 rings (SSSR count). The van der Waals surface area contributed by atoms with E-state index in [-0.39, 0.29) is 22.9 Å². The molecule has 8 nitrogen and oxygen atoms in total. The number of guanidine groups is 2. The van der Waals surface area contributed by atoms with Gasteiger partial charge in [-0.2, -0.15) is 0 Å². The van der Waals surface area contributed by atoms with Crippen molar-refractivity contribution in [3.05, 3.63) is 59.7 Å². The van der Waals surface area contributed by atoms with Gasteiger partial charge in [0.2, 0.25) is 11.9 Å². The average Bonchev–Trinajstić information content (AvgIpc) is 3.71. The Balaban J connectivity index is 0.000000113. The Bertz CT molecular complexity index is 1160. The van der Waals surface area contributed by atoms with Crippen molar-refractivity contribution in [2.45, 2.75) is 49.9 Å². The summed E-state index contributed by atoms with van der Waals surface area (Å²) >= 11 is 0. The lowest BCUT2D eigenvalue weighted by molar-refractivity contribution is -0.123. The van der Waals surface area contributed by atoms with E-state index in [0.29, 0.717) is 0 Å². The lowest BCUT2D eigenvalue weighted by Gasteiger charge is -2.27. The van der Waals surface area contributed by atoms with Crippen LogP contribution in [0.5, 0.6) is 0 Å². The first-order valence-electron chi connectivity index (χ1n) is 11.1. The van der Waals surface area contributed by atoms with Crippen LogP contribution in [0, 0.1) is 0 Å². The fraction of sp³-hybridized carbons (Fsp3) is 0.333. The molecule has 4 aliphatic heterocycles. The molecule has 2 spiro atoms. The number of nitrogens with zero attached hydrogens (tertiary/aromatic N) is 4. The van der Waals surface area contributed by atoms with E-state index in [0.717, 1.165) is 62.1 Å². The first-order chi connectivity index (χ1) is 15.6. The monoisotopic (exact) mass is 426 g/mol. The molecule has 0 unspecified atom stereocenters. The predicted molar refractivity (Wildman–Crippen MR) is 118 cm³/mol. The van der Waals surface area contributed by atoms with E-state index in [1.54, 1.807) is 0 Å². The number of para-hydroxylation sites is 2. The molecule has 4 fully saturated rings. The zero-order chi connectivity index (χ0) is 21.5. The fourth-order valence-corrected chi connectivity index (χ4v) is 5.16. The van der Waals surface area contributed by atoms with Gasteiger partial charge < -0.3 is 9.80 Å². The topological polar surface area (TPSA) is 89.4 Å². The summed E-state index contributed by atoms with van der Waals surface area (Å²) in [6.07, 6.45) is 3.83. The molecule has 2 saturated heterocycles. The molecular weight excluding hydrogens is 404 g/mol. The third-order valence-electron chi connectivity index (χ3n) is 7.38. The van der Waals surface area contributed by atoms with Crippen LogP contribution in [0.25, 0.3) is 0 Å². The Labute approximate surface area is 185 Å². The number of amides is 2. The fourth-order valence-electron chi connectivity index (χ4n) is 5.16. The van der Waals surface area contributed by atoms with Gasteiger partial charge in [0.25, 0.3) is 11.8 Å². The predicted octanol–water partition coefficient (Wildman–Crippen LogP) is 2.30. The molecule has 2 aliphatic carbocycles. The van der Waals surface area contributed by atoms with Crippen molar-refractivity contribution >= 4 is 35.1 Å². The molecule has 8 heteroatoms. The second-order valence-corrected chi connectivity index (χ2v) is 9.27. The Kier molecular flexibility index (Phi) is 3.35. The standard InChI is InChI=1S/2C12H11N3O/c2*16-10-12(5-6-12)15-7-8-3-1-2-4-9(8)13-11(15)14-10/h2*1-4H,5-7H2,(H,13,14,16). The first-order valence-corrected chi connectivity index (χ1v) is 11.1. The highest BCUT2D eigenvalue weighted by molar-refractivity contribution is 6.12. The van der Waals surface area contributed by atoms with Gasteiger partial charge in [-0.05, 0) is 48.9 Å². The van der Waals surface area contributed by atoms with Crippen molar-refractivity contribution < 1.29 is 9.59 Å². The molecule has 2 N–H and O–H groups in total. The number of carbonyl (C=O) groups is 2. The largest absolute Gasteiger partial charge is 0.323 e. The zero-order valence-corrected chi connectivity index (χ0v) is 17.5. The minimum atomic E-state index is -0.258. The van der Waals surface area contributed by atoms with Crippen molar-refractivity contribution in [3.63, 3.8) is 0 Å². The van der Waals surface area contributed by atoms with E-state index in [1.165, 1.54) is 11.1 Å². The first kappa shape index (κ1) is 17.9. The molecule has 0 bridgehead atoms. The maximum absolute atomic E-state index is 11.8. The number of hydrogen-bond acceptors (Lipinski definition) is 6. The van der Waals surface area contributed by atoms with Gasteiger partial charge in [0.05, 0.1) is 11.4 Å². The number of benzene rings is 2. The highest BCUT2D eigenvalue weighted by Crippen LogP contribution is 2.48. The number of hydrogen-bond donors (Lipinski definition) is 2. The Morgan fingerprint density at radius 2 is 1.06 bits per heavy atom. The molecule has 0 radical (unpaired) electrons. The van der Waals surface area contributed by atoms with Crippen LogP contribution in [-0.2, 0) is 22.7 Å². The zero-order valence-electron chi connectivity index (χ0n) is 17.5. The van der Waals surface area contributed by atoms with Gasteiger partial charge >= 0.3 is 0 Å². The Morgan fingerprint density at radius 3 is 1.47 bits per heavy atom. The van der Waals surface area contributed by atoms with E-state index in [1.807, 2.05) is 36.4 Å². The molecule has 2 aromatic carbocycles. The van der Waals surface area contributed by atoms with Gasteiger partial charge in [0.15, 0.2) is 0 Å². The number of fused-ring (bicyclic) bond motifs is 6. The highest BCUT2D eigenvalue weighted by Gasteiger charge is 2.62. The summed E-state index contributed by atoms with van der Waals surface area (Å²) in [5, 5.41) is 5.77. The van der Waals surface area contributed by atoms with Gasteiger partial charge in [-0.1, -0.05) is 36.4 Å². The van der Waals surface area contributed by atoms with E-state index in [4.69, 9.17) is 0 Å². The molecule has 6 aliphatic rings. The lowest BCUT2D eigenvalue weighted by atomic mass is 10.1. The van der Waals surface area contributed by atoms with Crippen LogP contribution in [0.1, 0.15) is 36.8 Å². The SMILES string of the molecule is O=C1NC2=Nc3ccccc3CN2C12CC2.O=C1NC2=Nc3ccccc3CN2C12CC2. The van der Waals surface area contributed by atoms with Gasteiger partial charge in [-0.3, -0.25) is 20.2 Å². The second-order valence-electron chi connectivity index (χ2n) is 9.27. The molecular formula is C24H22N6O2. The van der Waals surface area contributed by atoms with E-state index in [2.05, 4.69) is 42.6 Å². The lowest BCUT2D eigenvalue weighted by Crippen LogP contribution is -2.38. The molecule has 2 saturated carbocycles. The normalized spacial score (nSPS) is 23.6. The maximum Gasteiger partial charge on any atom is 0.252 e. The van der Waals surface area contributed by atoms with Crippen LogP contribution in [-0.4, -0.2) is 44.6 Å². The average molecular weight is 426 g/mol. The van der Waals surface area contributed by atoms with Crippen LogP contribution in [0.4, 0.5) is 11.4 Å². The van der Waals surface area contributed by atoms with Crippen LogP contribution in [0.3, 0.4) is 0 Å². The summed E-state index contributed by atoms with van der Waals surface area (Å²) in [7, 11) is 0. The quantitative estimate of drug-likeness (QED) is 0.677. The summed E-state index contributed by atoms with van der Waals surface area (Å²) in [6.45, 7) is 1.60. The van der Waals surface area contributed by atoms with Crippen molar-refractivity contribution in [1.29, 1.82) is 0 Å². The van der Waals surface area contributed by atoms with Crippen molar-refractivity contribution in [2.24, 2.45) is 9.98 Å². The third-order valence-corrected chi connectivity index (χ3v) is 7.38. The minimum Gasteiger partial charge on any atom is -0.323 e. The summed E-state index contributed by atoms with van der Waals surface area (Å²) in [6, 6.07) is 16.1. The summed E-state index contributed by atoms with van der Waals surface area (Å²) in [5.74, 6) is 1.72. The van der Waals surface area contributed by atoms with Gasteiger partial charge in [-0.25, -0.2) is 9.98 Å². The number of aliphatic imine (C=N–C) groups is 2. The van der Waals surface area contributed by atoms with Gasteiger partial charge in [0, 0.05) is 13.1 Å². The second kappa shape index (κ2) is 5.97. The highest BCUT2D eigenvalue weighted by atomic mass is 16.2. The molecule has 4 heterocycles. The van der Waals surface area contributed by atoms with Crippen LogP contribution in [0.15, 0.2) is 58.5 Å². The third kappa shape index (κ3) is 2.37. The molecule has 2 aromatic rings. The summed E-state index contributed by atoms with van der Waals surface area (Å²) in [4.78, 5) is 36.9.